The van der Waals surface area contributed by atoms with Gasteiger partial charge >= 0.3 is 11.4 Å². The number of aryl methyl sites for hydroxylation is 1. The molecule has 0 spiro atoms. The smallest absolute Gasteiger partial charge is 0.359 e. The molecule has 0 aliphatic carbocycles. The summed E-state index contributed by atoms with van der Waals surface area (Å²) in [5.41, 5.74) is -0.122. The maximum absolute atomic E-state index is 14.1. The third-order valence-corrected chi connectivity index (χ3v) is 7.52. The van der Waals surface area contributed by atoms with Crippen molar-refractivity contribution < 1.29 is 17.9 Å². The van der Waals surface area contributed by atoms with Crippen molar-refractivity contribution in [1.82, 2.24) is 33.8 Å². The van der Waals surface area contributed by atoms with E-state index in [-0.39, 0.29) is 22.2 Å². The highest BCUT2D eigenvalue weighted by molar-refractivity contribution is 6.34. The second-order valence-corrected chi connectivity index (χ2v) is 10.8. The van der Waals surface area contributed by atoms with Gasteiger partial charge in [0, 0.05) is 37.4 Å². The highest BCUT2D eigenvalue weighted by Gasteiger charge is 2.19. The number of hydrogen-bond donors (Lipinski definition) is 1. The van der Waals surface area contributed by atoms with Crippen molar-refractivity contribution >= 4 is 34.1 Å². The number of aromatic nitrogens is 6. The van der Waals surface area contributed by atoms with Gasteiger partial charge in [0.2, 0.25) is 5.95 Å². The Hall–Kier alpha value is -4.53. The first-order valence-electron chi connectivity index (χ1n) is 13.7. The van der Waals surface area contributed by atoms with E-state index in [0.29, 0.717) is 36.5 Å². The molecular formula is C29H26ClF3N8O3. The van der Waals surface area contributed by atoms with Crippen LogP contribution < -0.4 is 16.7 Å². The van der Waals surface area contributed by atoms with Crippen molar-refractivity contribution in [2.75, 3.05) is 38.2 Å². The van der Waals surface area contributed by atoms with E-state index in [2.05, 4.69) is 25.3 Å². The number of nitrogens with one attached hydrogen (secondary N) is 1. The second kappa shape index (κ2) is 12.2. The maximum atomic E-state index is 14.1. The predicted molar refractivity (Wildman–Crippen MR) is 157 cm³/mol. The Bertz CT molecular complexity index is 1960. The zero-order valence-electron chi connectivity index (χ0n) is 23.4. The molecule has 0 bridgehead atoms. The molecule has 1 aliphatic heterocycles. The lowest BCUT2D eigenvalue weighted by Gasteiger charge is -2.26. The van der Waals surface area contributed by atoms with E-state index < -0.39 is 35.4 Å². The number of nitrogens with zero attached hydrogens (tertiary/aromatic N) is 7. The fraction of sp³-hybridized carbons (Fsp3) is 0.276. The van der Waals surface area contributed by atoms with E-state index >= 15 is 0 Å². The molecule has 2 aromatic carbocycles. The van der Waals surface area contributed by atoms with Gasteiger partial charge in [-0.1, -0.05) is 11.6 Å². The van der Waals surface area contributed by atoms with Crippen LogP contribution in [0.2, 0.25) is 5.02 Å². The largest absolute Gasteiger partial charge is 0.379 e. The van der Waals surface area contributed by atoms with E-state index in [1.54, 1.807) is 31.3 Å². The molecule has 5 aromatic rings. The number of ether oxygens (including phenoxy) is 1. The standard InChI is InChI=1S/C29H26ClF3N8O3/c1-17-8-20(14-34-13-17)41-28(42)36-27(40(29(41)43)15-18-9-22(31)26(33)23(32)10-18)35-25-11-19-16-39(37-24(19)12-21(25)30)3-2-38-4-6-44-7-5-38/h8-14,16H,2-7,15H2,1H3,(H,35,36,42). The van der Waals surface area contributed by atoms with Gasteiger partial charge in [-0.3, -0.25) is 19.1 Å². The molecule has 6 rings (SSSR count). The summed E-state index contributed by atoms with van der Waals surface area (Å²) in [7, 11) is 0. The number of rotatable bonds is 8. The lowest BCUT2D eigenvalue weighted by atomic mass is 10.2. The molecule has 0 unspecified atom stereocenters. The zero-order chi connectivity index (χ0) is 31.0. The van der Waals surface area contributed by atoms with Gasteiger partial charge in [-0.2, -0.15) is 10.1 Å². The van der Waals surface area contributed by atoms with Crippen LogP contribution in [-0.2, 0) is 17.8 Å². The Morgan fingerprint density at radius 3 is 2.48 bits per heavy atom. The van der Waals surface area contributed by atoms with Crippen LogP contribution in [0.5, 0.6) is 0 Å². The van der Waals surface area contributed by atoms with Gasteiger partial charge in [0.25, 0.3) is 0 Å². The number of pyridine rings is 1. The molecule has 228 valence electrons. The monoisotopic (exact) mass is 626 g/mol. The Morgan fingerprint density at radius 1 is 1.00 bits per heavy atom. The van der Waals surface area contributed by atoms with E-state index in [4.69, 9.17) is 16.3 Å². The minimum atomic E-state index is -1.64. The molecular weight excluding hydrogens is 601 g/mol. The van der Waals surface area contributed by atoms with Crippen molar-refractivity contribution in [3.05, 3.63) is 103 Å². The number of halogens is 4. The Balaban J connectivity index is 1.38. The second-order valence-electron chi connectivity index (χ2n) is 10.4. The molecule has 1 N–H and O–H groups in total. The van der Waals surface area contributed by atoms with E-state index in [9.17, 15) is 22.8 Å². The third-order valence-electron chi connectivity index (χ3n) is 7.21. The molecule has 1 fully saturated rings. The molecule has 4 heterocycles. The quantitative estimate of drug-likeness (QED) is 0.260. The van der Waals surface area contributed by atoms with Crippen LogP contribution in [-0.4, -0.2) is 66.6 Å². The Morgan fingerprint density at radius 2 is 1.75 bits per heavy atom. The first kappa shape index (κ1) is 29.5. The average molecular weight is 627 g/mol. The van der Waals surface area contributed by atoms with Crippen molar-refractivity contribution in [3.8, 4) is 5.69 Å². The normalized spacial score (nSPS) is 13.9. The lowest BCUT2D eigenvalue weighted by molar-refractivity contribution is 0.0360. The van der Waals surface area contributed by atoms with Crippen LogP contribution in [0, 0.1) is 24.4 Å². The molecule has 0 saturated carbocycles. The number of anilines is 2. The summed E-state index contributed by atoms with van der Waals surface area (Å²) < 4.78 is 50.8. The van der Waals surface area contributed by atoms with Crippen LogP contribution in [0.25, 0.3) is 16.6 Å². The first-order valence-corrected chi connectivity index (χ1v) is 14.1. The zero-order valence-corrected chi connectivity index (χ0v) is 24.2. The third kappa shape index (κ3) is 6.09. The lowest BCUT2D eigenvalue weighted by Crippen LogP contribution is -2.41. The van der Waals surface area contributed by atoms with Gasteiger partial charge in [-0.15, -0.1) is 0 Å². The number of morpholine rings is 1. The fourth-order valence-electron chi connectivity index (χ4n) is 4.99. The van der Waals surface area contributed by atoms with Crippen LogP contribution in [0.1, 0.15) is 11.1 Å². The van der Waals surface area contributed by atoms with E-state index in [1.807, 2.05) is 10.9 Å². The van der Waals surface area contributed by atoms with Gasteiger partial charge in [-0.25, -0.2) is 27.3 Å². The number of hydrogen-bond acceptors (Lipinski definition) is 8. The summed E-state index contributed by atoms with van der Waals surface area (Å²) in [6, 6.07) is 6.43. The van der Waals surface area contributed by atoms with Crippen LogP contribution in [0.4, 0.5) is 24.8 Å². The predicted octanol–water partition coefficient (Wildman–Crippen LogP) is 3.64. The summed E-state index contributed by atoms with van der Waals surface area (Å²) in [6.07, 6.45) is 4.71. The highest BCUT2D eigenvalue weighted by Crippen LogP contribution is 2.29. The Labute approximate surface area is 253 Å². The topological polar surface area (TPSA) is 112 Å². The highest BCUT2D eigenvalue weighted by atomic mass is 35.5. The van der Waals surface area contributed by atoms with Gasteiger partial charge in [-0.05, 0) is 48.4 Å². The van der Waals surface area contributed by atoms with Gasteiger partial charge in [0.1, 0.15) is 0 Å². The summed E-state index contributed by atoms with van der Waals surface area (Å²) in [5, 5.41) is 8.48. The maximum Gasteiger partial charge on any atom is 0.359 e. The van der Waals surface area contributed by atoms with Crippen molar-refractivity contribution in [1.29, 1.82) is 0 Å². The van der Waals surface area contributed by atoms with Crippen molar-refractivity contribution in [2.45, 2.75) is 20.0 Å². The molecule has 1 saturated heterocycles. The SMILES string of the molecule is Cc1cncc(-n2c(=O)nc(Nc3cc4cn(CCN5CCOCC5)nc4cc3Cl)n(Cc3cc(F)c(F)c(F)c3)c2=O)c1. The molecule has 11 nitrogen and oxygen atoms in total. The van der Waals surface area contributed by atoms with E-state index in [1.165, 1.54) is 6.20 Å². The summed E-state index contributed by atoms with van der Waals surface area (Å²) in [6.45, 7) is 5.82. The van der Waals surface area contributed by atoms with Crippen LogP contribution >= 0.6 is 11.6 Å². The van der Waals surface area contributed by atoms with Crippen molar-refractivity contribution in [3.63, 3.8) is 0 Å². The Kier molecular flexibility index (Phi) is 8.21. The van der Waals surface area contributed by atoms with Crippen molar-refractivity contribution in [2.24, 2.45) is 0 Å². The van der Waals surface area contributed by atoms with Crippen LogP contribution in [0.15, 0.2) is 58.5 Å². The molecule has 44 heavy (non-hydrogen) atoms. The summed E-state index contributed by atoms with van der Waals surface area (Å²) in [4.78, 5) is 37.3. The molecule has 1 aliphatic rings. The van der Waals surface area contributed by atoms with E-state index in [0.717, 1.165) is 46.3 Å². The number of fused-ring (bicyclic) bond motifs is 1. The molecule has 3 aromatic heterocycles. The fourth-order valence-corrected chi connectivity index (χ4v) is 5.20. The minimum Gasteiger partial charge on any atom is -0.379 e. The molecule has 0 atom stereocenters. The molecule has 0 amide bonds. The summed E-state index contributed by atoms with van der Waals surface area (Å²) >= 11 is 6.58. The minimum absolute atomic E-state index is 0.0796. The van der Waals surface area contributed by atoms with Gasteiger partial charge in [0.05, 0.1) is 54.4 Å². The van der Waals surface area contributed by atoms with Gasteiger partial charge < -0.3 is 10.1 Å². The first-order chi connectivity index (χ1) is 21.2. The molecule has 0 radical (unpaired) electrons. The average Bonchev–Trinajstić information content (AvgIpc) is 3.39. The summed E-state index contributed by atoms with van der Waals surface area (Å²) in [5.74, 6) is -4.74. The van der Waals surface area contributed by atoms with Gasteiger partial charge in [0.15, 0.2) is 17.5 Å². The number of benzene rings is 2. The molecule has 15 heteroatoms. The van der Waals surface area contributed by atoms with Crippen LogP contribution in [0.3, 0.4) is 0 Å².